The molecular formula is C16H13Br2NO4. The molecule has 0 fully saturated rings. The number of benzene rings is 2. The van der Waals surface area contributed by atoms with Gasteiger partial charge in [-0.1, -0.05) is 44.0 Å². The van der Waals surface area contributed by atoms with Crippen LogP contribution < -0.4 is 4.74 Å². The molecule has 23 heavy (non-hydrogen) atoms. The first kappa shape index (κ1) is 17.6. The number of carbonyl (C=O) groups is 1. The Morgan fingerprint density at radius 3 is 2.13 bits per heavy atom. The highest BCUT2D eigenvalue weighted by Crippen LogP contribution is 2.34. The van der Waals surface area contributed by atoms with Gasteiger partial charge in [-0.2, -0.15) is 0 Å². The van der Waals surface area contributed by atoms with E-state index in [1.807, 2.05) is 0 Å². The van der Waals surface area contributed by atoms with Gasteiger partial charge >= 0.3 is 0 Å². The number of alkyl halides is 2. The number of hydrogen-bond donors (Lipinski definition) is 0. The van der Waals surface area contributed by atoms with Gasteiger partial charge in [-0.3, -0.25) is 14.9 Å². The highest BCUT2D eigenvalue weighted by atomic mass is 79.9. The highest BCUT2D eigenvalue weighted by molar-refractivity contribution is 9.12. The number of methoxy groups -OCH3 is 1. The Morgan fingerprint density at radius 1 is 1.09 bits per heavy atom. The van der Waals surface area contributed by atoms with E-state index in [0.29, 0.717) is 11.3 Å². The van der Waals surface area contributed by atoms with Gasteiger partial charge in [0.2, 0.25) is 0 Å². The van der Waals surface area contributed by atoms with E-state index in [4.69, 9.17) is 4.74 Å². The average Bonchev–Trinajstić information content (AvgIpc) is 2.60. The lowest BCUT2D eigenvalue weighted by atomic mass is 10.0. The van der Waals surface area contributed by atoms with E-state index < -0.39 is 9.75 Å². The largest absolute Gasteiger partial charge is 0.497 e. The van der Waals surface area contributed by atoms with E-state index in [9.17, 15) is 14.9 Å². The number of carbonyl (C=O) groups excluding carboxylic acids is 1. The number of non-ortho nitro benzene ring substituents is 1. The topological polar surface area (TPSA) is 69.4 Å². The molecular weight excluding hydrogens is 430 g/mol. The molecule has 120 valence electrons. The van der Waals surface area contributed by atoms with Crippen LogP contribution in [0.4, 0.5) is 5.69 Å². The first-order chi connectivity index (χ1) is 10.9. The number of halogens is 2. The number of ketones is 1. The summed E-state index contributed by atoms with van der Waals surface area (Å²) < 4.78 is 5.07. The van der Waals surface area contributed by atoms with E-state index >= 15 is 0 Å². The molecule has 0 radical (unpaired) electrons. The quantitative estimate of drug-likeness (QED) is 0.281. The van der Waals surface area contributed by atoms with Gasteiger partial charge < -0.3 is 4.74 Å². The minimum atomic E-state index is -0.502. The molecule has 7 heteroatoms. The van der Waals surface area contributed by atoms with Crippen molar-refractivity contribution in [3.05, 3.63) is 69.8 Å². The summed E-state index contributed by atoms with van der Waals surface area (Å²) in [4.78, 5) is 21.9. The fourth-order valence-corrected chi connectivity index (χ4v) is 3.11. The maximum absolute atomic E-state index is 12.5. The van der Waals surface area contributed by atoms with Crippen LogP contribution in [0.15, 0.2) is 48.5 Å². The molecule has 0 aliphatic heterocycles. The summed E-state index contributed by atoms with van der Waals surface area (Å²) in [5.74, 6) is 0.589. The van der Waals surface area contributed by atoms with Gasteiger partial charge in [-0.15, -0.1) is 0 Å². The van der Waals surface area contributed by atoms with E-state index in [-0.39, 0.29) is 16.3 Å². The van der Waals surface area contributed by atoms with Crippen molar-refractivity contribution in [2.45, 2.75) is 9.65 Å². The van der Waals surface area contributed by atoms with Crippen molar-refractivity contribution >= 4 is 43.3 Å². The van der Waals surface area contributed by atoms with Crippen LogP contribution in [0.3, 0.4) is 0 Å². The van der Waals surface area contributed by atoms with Gasteiger partial charge in [0, 0.05) is 17.7 Å². The Morgan fingerprint density at radius 2 is 1.65 bits per heavy atom. The molecule has 5 nitrogen and oxygen atoms in total. The molecule has 0 aromatic heterocycles. The van der Waals surface area contributed by atoms with Crippen LogP contribution in [0.5, 0.6) is 5.75 Å². The standard InChI is InChI=1S/C16H13Br2NO4/c1-23-13-8-4-11(5-9-13)16(20)15(18)14(17)10-2-6-12(7-3-10)19(21)22/h2-9,14-15H,1H3. The predicted octanol–water partition coefficient (Wildman–Crippen LogP) is 4.69. The van der Waals surface area contributed by atoms with Crippen LogP contribution in [-0.2, 0) is 0 Å². The van der Waals surface area contributed by atoms with E-state index in [1.165, 1.54) is 12.1 Å². The summed E-state index contributed by atoms with van der Waals surface area (Å²) in [6, 6.07) is 12.9. The average molecular weight is 443 g/mol. The lowest BCUT2D eigenvalue weighted by Crippen LogP contribution is -2.19. The third-order valence-corrected chi connectivity index (χ3v) is 6.02. The first-order valence-corrected chi connectivity index (χ1v) is 8.48. The summed E-state index contributed by atoms with van der Waals surface area (Å²) in [6.07, 6.45) is 0. The fraction of sp³-hybridized carbons (Fsp3) is 0.188. The molecule has 0 aliphatic rings. The zero-order valence-corrected chi connectivity index (χ0v) is 15.3. The molecule has 0 saturated carbocycles. The second-order valence-corrected chi connectivity index (χ2v) is 6.72. The second kappa shape index (κ2) is 7.70. The van der Waals surface area contributed by atoms with Crippen molar-refractivity contribution < 1.29 is 14.5 Å². The summed E-state index contributed by atoms with van der Waals surface area (Å²) >= 11 is 6.88. The Bertz CT molecular complexity index is 701. The highest BCUT2D eigenvalue weighted by Gasteiger charge is 2.26. The summed E-state index contributed by atoms with van der Waals surface area (Å²) in [5.41, 5.74) is 1.35. The van der Waals surface area contributed by atoms with Crippen molar-refractivity contribution in [2.24, 2.45) is 0 Å². The molecule has 0 N–H and O–H groups in total. The molecule has 2 aromatic carbocycles. The number of nitro groups is 1. The SMILES string of the molecule is COc1ccc(C(=O)C(Br)C(Br)c2ccc([N+](=O)[O-])cc2)cc1. The maximum Gasteiger partial charge on any atom is 0.269 e. The second-order valence-electron chi connectivity index (χ2n) is 4.74. The van der Waals surface area contributed by atoms with Crippen LogP contribution >= 0.6 is 31.9 Å². The van der Waals surface area contributed by atoms with Crippen LogP contribution in [-0.4, -0.2) is 22.6 Å². The van der Waals surface area contributed by atoms with Crippen molar-refractivity contribution in [2.75, 3.05) is 7.11 Å². The van der Waals surface area contributed by atoms with Crippen molar-refractivity contribution in [1.29, 1.82) is 0 Å². The Kier molecular flexibility index (Phi) is 5.90. The van der Waals surface area contributed by atoms with Crippen molar-refractivity contribution in [1.82, 2.24) is 0 Å². The van der Waals surface area contributed by atoms with E-state index in [0.717, 1.165) is 5.56 Å². The number of rotatable bonds is 6. The van der Waals surface area contributed by atoms with Crippen LogP contribution in [0.25, 0.3) is 0 Å². The summed E-state index contributed by atoms with van der Waals surface area (Å²) in [6.45, 7) is 0. The number of nitrogens with zero attached hydrogens (tertiary/aromatic N) is 1. The molecule has 2 unspecified atom stereocenters. The zero-order chi connectivity index (χ0) is 17.0. The Labute approximate surface area is 150 Å². The van der Waals surface area contributed by atoms with Gasteiger partial charge in [0.25, 0.3) is 5.69 Å². The normalized spacial score (nSPS) is 13.2. The third kappa shape index (κ3) is 4.17. The summed E-state index contributed by atoms with van der Waals surface area (Å²) in [7, 11) is 1.56. The molecule has 0 heterocycles. The van der Waals surface area contributed by atoms with Crippen LogP contribution in [0, 0.1) is 10.1 Å². The molecule has 2 aromatic rings. The fourth-order valence-electron chi connectivity index (χ4n) is 2.00. The third-order valence-electron chi connectivity index (χ3n) is 3.30. The lowest BCUT2D eigenvalue weighted by Gasteiger charge is -2.16. The van der Waals surface area contributed by atoms with Crippen molar-refractivity contribution in [3.8, 4) is 5.75 Å². The van der Waals surface area contributed by atoms with Gasteiger partial charge in [-0.25, -0.2) is 0 Å². The molecule has 2 atom stereocenters. The minimum absolute atomic E-state index is 0.0149. The monoisotopic (exact) mass is 441 g/mol. The molecule has 2 rings (SSSR count). The van der Waals surface area contributed by atoms with Gasteiger partial charge in [0.15, 0.2) is 5.78 Å². The molecule has 0 aliphatic carbocycles. The number of nitro benzene ring substituents is 1. The molecule has 0 bridgehead atoms. The number of Topliss-reactive ketones (excluding diaryl/α,β-unsaturated/α-hetero) is 1. The zero-order valence-electron chi connectivity index (χ0n) is 12.1. The maximum atomic E-state index is 12.5. The predicted molar refractivity (Wildman–Crippen MR) is 94.8 cm³/mol. The van der Waals surface area contributed by atoms with E-state index in [1.54, 1.807) is 43.5 Å². The van der Waals surface area contributed by atoms with Gasteiger partial charge in [-0.05, 0) is 29.8 Å². The first-order valence-electron chi connectivity index (χ1n) is 6.65. The van der Waals surface area contributed by atoms with Crippen LogP contribution in [0.1, 0.15) is 20.7 Å². The number of hydrogen-bond acceptors (Lipinski definition) is 4. The lowest BCUT2D eigenvalue weighted by molar-refractivity contribution is -0.384. The van der Waals surface area contributed by atoms with E-state index in [2.05, 4.69) is 31.9 Å². The minimum Gasteiger partial charge on any atom is -0.497 e. The molecule has 0 spiro atoms. The Hall–Kier alpha value is -1.73. The van der Waals surface area contributed by atoms with Gasteiger partial charge in [0.05, 0.1) is 21.7 Å². The van der Waals surface area contributed by atoms with Crippen LogP contribution in [0.2, 0.25) is 0 Å². The Balaban J connectivity index is 2.15. The number of ether oxygens (including phenoxy) is 1. The van der Waals surface area contributed by atoms with Gasteiger partial charge in [0.1, 0.15) is 5.75 Å². The smallest absolute Gasteiger partial charge is 0.269 e. The molecule has 0 amide bonds. The van der Waals surface area contributed by atoms with Crippen molar-refractivity contribution in [3.63, 3.8) is 0 Å². The molecule has 0 saturated heterocycles. The summed E-state index contributed by atoms with van der Waals surface area (Å²) in [5, 5.41) is 10.7.